The van der Waals surface area contributed by atoms with E-state index in [4.69, 9.17) is 0 Å². The molecule has 0 saturated heterocycles. The zero-order valence-corrected chi connectivity index (χ0v) is 14.7. The largest absolute Gasteiger partial charge is 0.338 e. The first-order chi connectivity index (χ1) is 11.2. The molecule has 1 aromatic carbocycles. The van der Waals surface area contributed by atoms with Crippen molar-refractivity contribution in [3.8, 4) is 0 Å². The van der Waals surface area contributed by atoms with Crippen molar-refractivity contribution >= 4 is 17.4 Å². The van der Waals surface area contributed by atoms with Crippen LogP contribution in [-0.2, 0) is 13.1 Å². The standard InChI is InChI=1S/C18H25N3OS/c1-3-4-8-11-19-18(22)21(12-16-9-6-5-7-10-16)13-17-15(2)20-14-23-17/h5-7,9-10,14H,3-4,8,11-13H2,1-2H3,(H,19,22). The van der Waals surface area contributed by atoms with Crippen LogP contribution in [0.5, 0.6) is 0 Å². The Morgan fingerprint density at radius 1 is 1.22 bits per heavy atom. The van der Waals surface area contributed by atoms with Crippen molar-refractivity contribution in [2.24, 2.45) is 0 Å². The molecule has 0 bridgehead atoms. The first-order valence-corrected chi connectivity index (χ1v) is 9.04. The van der Waals surface area contributed by atoms with Gasteiger partial charge in [0.05, 0.1) is 17.7 Å². The average molecular weight is 331 g/mol. The highest BCUT2D eigenvalue weighted by Crippen LogP contribution is 2.17. The minimum absolute atomic E-state index is 0.00208. The summed E-state index contributed by atoms with van der Waals surface area (Å²) in [5.41, 5.74) is 3.98. The number of nitrogens with one attached hydrogen (secondary N) is 1. The summed E-state index contributed by atoms with van der Waals surface area (Å²) in [6.45, 7) is 6.10. The molecular formula is C18H25N3OS. The highest BCUT2D eigenvalue weighted by Gasteiger charge is 2.16. The third kappa shape index (κ3) is 5.67. The maximum atomic E-state index is 12.5. The fourth-order valence-corrected chi connectivity index (χ4v) is 3.13. The second kappa shape index (κ2) is 9.30. The molecule has 0 radical (unpaired) electrons. The third-order valence-corrected chi connectivity index (χ3v) is 4.66. The van der Waals surface area contributed by atoms with Gasteiger partial charge in [0.1, 0.15) is 0 Å². The Balaban J connectivity index is 2.01. The molecule has 0 aliphatic carbocycles. The number of carbonyl (C=O) groups excluding carboxylic acids is 1. The van der Waals surface area contributed by atoms with Gasteiger partial charge in [0, 0.05) is 18.0 Å². The van der Waals surface area contributed by atoms with Crippen molar-refractivity contribution in [2.45, 2.75) is 46.2 Å². The number of urea groups is 1. The molecule has 2 amide bonds. The molecule has 0 spiro atoms. The number of carbonyl (C=O) groups is 1. The minimum atomic E-state index is -0.00208. The predicted molar refractivity (Wildman–Crippen MR) is 95.5 cm³/mol. The van der Waals surface area contributed by atoms with Crippen LogP contribution in [-0.4, -0.2) is 22.5 Å². The molecule has 5 heteroatoms. The highest BCUT2D eigenvalue weighted by atomic mass is 32.1. The molecule has 4 nitrogen and oxygen atoms in total. The van der Waals surface area contributed by atoms with Crippen molar-refractivity contribution in [3.05, 3.63) is 52.0 Å². The summed E-state index contributed by atoms with van der Waals surface area (Å²) in [5.74, 6) is 0. The zero-order chi connectivity index (χ0) is 16.5. The first-order valence-electron chi connectivity index (χ1n) is 8.16. The third-order valence-electron chi connectivity index (χ3n) is 3.74. The fraction of sp³-hybridized carbons (Fsp3) is 0.444. The van der Waals surface area contributed by atoms with Gasteiger partial charge in [-0.05, 0) is 18.9 Å². The number of unbranched alkanes of at least 4 members (excludes halogenated alkanes) is 2. The molecule has 1 heterocycles. The fourth-order valence-electron chi connectivity index (χ4n) is 2.34. The Bertz CT molecular complexity index is 597. The van der Waals surface area contributed by atoms with Crippen molar-refractivity contribution in [1.29, 1.82) is 0 Å². The zero-order valence-electron chi connectivity index (χ0n) is 13.9. The molecule has 2 aromatic rings. The second-order valence-electron chi connectivity index (χ2n) is 5.64. The van der Waals surface area contributed by atoms with Gasteiger partial charge in [-0.25, -0.2) is 9.78 Å². The number of nitrogens with zero attached hydrogens (tertiary/aromatic N) is 2. The van der Waals surface area contributed by atoms with E-state index in [1.54, 1.807) is 11.3 Å². The van der Waals surface area contributed by atoms with Gasteiger partial charge in [-0.3, -0.25) is 0 Å². The van der Waals surface area contributed by atoms with E-state index in [-0.39, 0.29) is 6.03 Å². The van der Waals surface area contributed by atoms with Gasteiger partial charge < -0.3 is 10.2 Å². The normalized spacial score (nSPS) is 10.5. The predicted octanol–water partition coefficient (Wildman–Crippen LogP) is 4.35. The summed E-state index contributed by atoms with van der Waals surface area (Å²) in [7, 11) is 0. The van der Waals surface area contributed by atoms with Gasteiger partial charge in [0.25, 0.3) is 0 Å². The lowest BCUT2D eigenvalue weighted by Crippen LogP contribution is -2.39. The van der Waals surface area contributed by atoms with Gasteiger partial charge in [-0.2, -0.15) is 0 Å². The Hall–Kier alpha value is -1.88. The molecule has 0 unspecified atom stereocenters. The maximum absolute atomic E-state index is 12.5. The SMILES string of the molecule is CCCCCNC(=O)N(Cc1ccccc1)Cc1scnc1C. The molecule has 1 aromatic heterocycles. The van der Waals surface area contributed by atoms with Gasteiger partial charge in [-0.1, -0.05) is 50.1 Å². The van der Waals surface area contributed by atoms with E-state index in [1.807, 2.05) is 35.5 Å². The van der Waals surface area contributed by atoms with E-state index in [1.165, 1.54) is 0 Å². The maximum Gasteiger partial charge on any atom is 0.318 e. The lowest BCUT2D eigenvalue weighted by atomic mass is 10.2. The number of benzene rings is 1. The van der Waals surface area contributed by atoms with Crippen molar-refractivity contribution < 1.29 is 4.79 Å². The van der Waals surface area contributed by atoms with Crippen molar-refractivity contribution in [2.75, 3.05) is 6.54 Å². The van der Waals surface area contributed by atoms with E-state index in [0.717, 1.165) is 41.9 Å². The summed E-state index contributed by atoms with van der Waals surface area (Å²) in [6.07, 6.45) is 3.33. The number of aromatic nitrogens is 1. The molecule has 0 atom stereocenters. The molecule has 0 fully saturated rings. The summed E-state index contributed by atoms with van der Waals surface area (Å²) < 4.78 is 0. The molecular weight excluding hydrogens is 306 g/mol. The molecule has 2 rings (SSSR count). The number of hydrogen-bond acceptors (Lipinski definition) is 3. The van der Waals surface area contributed by atoms with Crippen LogP contribution < -0.4 is 5.32 Å². The highest BCUT2D eigenvalue weighted by molar-refractivity contribution is 7.09. The lowest BCUT2D eigenvalue weighted by molar-refractivity contribution is 0.192. The number of amides is 2. The van der Waals surface area contributed by atoms with Crippen molar-refractivity contribution in [1.82, 2.24) is 15.2 Å². The van der Waals surface area contributed by atoms with E-state index < -0.39 is 0 Å². The number of aryl methyl sites for hydroxylation is 1. The average Bonchev–Trinajstić information content (AvgIpc) is 2.97. The lowest BCUT2D eigenvalue weighted by Gasteiger charge is -2.23. The minimum Gasteiger partial charge on any atom is -0.338 e. The molecule has 124 valence electrons. The quantitative estimate of drug-likeness (QED) is 0.731. The summed E-state index contributed by atoms with van der Waals surface area (Å²) in [5, 5.41) is 3.04. The Morgan fingerprint density at radius 3 is 2.65 bits per heavy atom. The van der Waals surface area contributed by atoms with Crippen LogP contribution in [0.4, 0.5) is 4.79 Å². The van der Waals surface area contributed by atoms with E-state index >= 15 is 0 Å². The van der Waals surface area contributed by atoms with Crippen LogP contribution in [0.15, 0.2) is 35.8 Å². The van der Waals surface area contributed by atoms with Crippen LogP contribution in [0.3, 0.4) is 0 Å². The molecule has 0 saturated carbocycles. The van der Waals surface area contributed by atoms with Gasteiger partial charge in [0.15, 0.2) is 0 Å². The van der Waals surface area contributed by atoms with Crippen LogP contribution in [0, 0.1) is 6.92 Å². The van der Waals surface area contributed by atoms with E-state index in [2.05, 4.69) is 29.4 Å². The molecule has 0 aliphatic rings. The second-order valence-corrected chi connectivity index (χ2v) is 6.58. The Labute approximate surface area is 142 Å². The van der Waals surface area contributed by atoms with Gasteiger partial charge >= 0.3 is 6.03 Å². The molecule has 1 N–H and O–H groups in total. The van der Waals surface area contributed by atoms with Gasteiger partial charge in [-0.15, -0.1) is 11.3 Å². The first kappa shape index (κ1) is 17.5. The van der Waals surface area contributed by atoms with Crippen LogP contribution in [0.25, 0.3) is 0 Å². The number of hydrogen-bond donors (Lipinski definition) is 1. The van der Waals surface area contributed by atoms with E-state index in [0.29, 0.717) is 13.1 Å². The van der Waals surface area contributed by atoms with Crippen molar-refractivity contribution in [3.63, 3.8) is 0 Å². The topological polar surface area (TPSA) is 45.2 Å². The van der Waals surface area contributed by atoms with Crippen LogP contribution in [0.1, 0.15) is 42.3 Å². The van der Waals surface area contributed by atoms with Gasteiger partial charge in [0.2, 0.25) is 0 Å². The van der Waals surface area contributed by atoms with Crippen LogP contribution >= 0.6 is 11.3 Å². The monoisotopic (exact) mass is 331 g/mol. The van der Waals surface area contributed by atoms with E-state index in [9.17, 15) is 4.79 Å². The summed E-state index contributed by atoms with van der Waals surface area (Å²) in [6, 6.07) is 10.1. The van der Waals surface area contributed by atoms with Crippen LogP contribution in [0.2, 0.25) is 0 Å². The Kier molecular flexibility index (Phi) is 7.07. The summed E-state index contributed by atoms with van der Waals surface area (Å²) in [4.78, 5) is 19.8. The smallest absolute Gasteiger partial charge is 0.318 e. The molecule has 0 aliphatic heterocycles. The molecule has 23 heavy (non-hydrogen) atoms. The number of rotatable bonds is 8. The summed E-state index contributed by atoms with van der Waals surface area (Å²) >= 11 is 1.61. The number of thiazole rings is 1. The Morgan fingerprint density at radius 2 is 2.00 bits per heavy atom.